The van der Waals surface area contributed by atoms with Gasteiger partial charge in [0.05, 0.1) is 24.7 Å². The van der Waals surface area contributed by atoms with Crippen LogP contribution >= 0.6 is 0 Å². The summed E-state index contributed by atoms with van der Waals surface area (Å²) >= 11 is 0. The van der Waals surface area contributed by atoms with Crippen molar-refractivity contribution in [2.45, 2.75) is 76.1 Å². The van der Waals surface area contributed by atoms with Crippen molar-refractivity contribution in [2.75, 3.05) is 0 Å². The van der Waals surface area contributed by atoms with Crippen molar-refractivity contribution in [3.63, 3.8) is 0 Å². The molecule has 0 saturated carbocycles. The van der Waals surface area contributed by atoms with E-state index >= 15 is 0 Å². The number of aliphatic hydroxyl groups is 3. The minimum Gasteiger partial charge on any atom is -0.481 e. The Bertz CT molecular complexity index is 431. The van der Waals surface area contributed by atoms with Crippen LogP contribution in [-0.2, 0) is 9.59 Å². The second-order valence-electron chi connectivity index (χ2n) is 6.06. The molecule has 0 aliphatic rings. The number of unbranched alkanes of at least 4 members (excludes halogenated alkanes) is 2. The van der Waals surface area contributed by atoms with Crippen molar-refractivity contribution < 1.29 is 35.1 Å². The minimum atomic E-state index is -1.08. The van der Waals surface area contributed by atoms with Gasteiger partial charge in [-0.25, -0.2) is 0 Å². The SMILES string of the molecule is O=C(O)CCCC/C=C\C/C=C\[C@H](O)C[C@H](O)CC[C@H](O)CC(=O)O. The maximum absolute atomic E-state index is 10.4. The second kappa shape index (κ2) is 14.6. The minimum absolute atomic E-state index is 0.134. The van der Waals surface area contributed by atoms with E-state index in [1.54, 1.807) is 12.2 Å². The van der Waals surface area contributed by atoms with E-state index in [-0.39, 0.29) is 32.1 Å². The zero-order valence-electron chi connectivity index (χ0n) is 14.5. The molecule has 0 saturated heterocycles. The van der Waals surface area contributed by atoms with E-state index in [9.17, 15) is 24.9 Å². The van der Waals surface area contributed by atoms with Crippen molar-refractivity contribution in [1.82, 2.24) is 0 Å². The number of aliphatic carboxylic acids is 2. The van der Waals surface area contributed by atoms with Crippen LogP contribution in [0.4, 0.5) is 0 Å². The Balaban J connectivity index is 3.75. The number of aliphatic hydroxyl groups excluding tert-OH is 3. The summed E-state index contributed by atoms with van der Waals surface area (Å²) in [4.78, 5) is 20.7. The summed E-state index contributed by atoms with van der Waals surface area (Å²) in [6.45, 7) is 0. The van der Waals surface area contributed by atoms with Crippen LogP contribution < -0.4 is 0 Å². The Morgan fingerprint density at radius 3 is 2.16 bits per heavy atom. The van der Waals surface area contributed by atoms with E-state index in [0.717, 1.165) is 12.8 Å². The summed E-state index contributed by atoms with van der Waals surface area (Å²) < 4.78 is 0. The molecular formula is C18H30O7. The Morgan fingerprint density at radius 1 is 0.840 bits per heavy atom. The molecule has 25 heavy (non-hydrogen) atoms. The first-order valence-corrected chi connectivity index (χ1v) is 8.60. The molecule has 0 aromatic carbocycles. The summed E-state index contributed by atoms with van der Waals surface area (Å²) in [5, 5.41) is 45.9. The average Bonchev–Trinajstić information content (AvgIpc) is 2.50. The van der Waals surface area contributed by atoms with Crippen LogP contribution in [0.3, 0.4) is 0 Å². The Kier molecular flexibility index (Phi) is 13.6. The second-order valence-corrected chi connectivity index (χ2v) is 6.06. The fourth-order valence-electron chi connectivity index (χ4n) is 2.23. The normalized spacial score (nSPS) is 15.5. The van der Waals surface area contributed by atoms with Crippen LogP contribution in [0, 0.1) is 0 Å². The number of hydrogen-bond acceptors (Lipinski definition) is 5. The van der Waals surface area contributed by atoms with Crippen LogP contribution in [-0.4, -0.2) is 55.8 Å². The lowest BCUT2D eigenvalue weighted by molar-refractivity contribution is -0.139. The Hall–Kier alpha value is -1.70. The zero-order valence-corrected chi connectivity index (χ0v) is 14.5. The summed E-state index contributed by atoms with van der Waals surface area (Å²) in [5.41, 5.74) is 0. The highest BCUT2D eigenvalue weighted by atomic mass is 16.4. The maximum Gasteiger partial charge on any atom is 0.305 e. The number of allylic oxidation sites excluding steroid dienone is 3. The fourth-order valence-corrected chi connectivity index (χ4v) is 2.23. The first-order chi connectivity index (χ1) is 11.8. The average molecular weight is 358 g/mol. The van der Waals surface area contributed by atoms with E-state index in [0.29, 0.717) is 12.8 Å². The number of carboxylic acid groups (broad SMARTS) is 2. The molecule has 0 bridgehead atoms. The molecular weight excluding hydrogens is 328 g/mol. The van der Waals surface area contributed by atoms with Gasteiger partial charge in [0.2, 0.25) is 0 Å². The molecule has 7 nitrogen and oxygen atoms in total. The molecule has 0 aliphatic heterocycles. The van der Waals surface area contributed by atoms with Gasteiger partial charge in [-0.15, -0.1) is 0 Å². The summed E-state index contributed by atoms with van der Waals surface area (Å²) in [6, 6.07) is 0. The Labute approximate surface area is 148 Å². The van der Waals surface area contributed by atoms with Gasteiger partial charge in [0.25, 0.3) is 0 Å². The number of hydrogen-bond donors (Lipinski definition) is 5. The molecule has 0 amide bonds. The van der Waals surface area contributed by atoms with Gasteiger partial charge in [-0.1, -0.05) is 24.3 Å². The van der Waals surface area contributed by atoms with Crippen LogP contribution in [0.2, 0.25) is 0 Å². The predicted molar refractivity (Wildman–Crippen MR) is 93.1 cm³/mol. The van der Waals surface area contributed by atoms with E-state index in [4.69, 9.17) is 10.2 Å². The molecule has 0 spiro atoms. The van der Waals surface area contributed by atoms with Gasteiger partial charge in [0.1, 0.15) is 0 Å². The van der Waals surface area contributed by atoms with Crippen molar-refractivity contribution >= 4 is 11.9 Å². The van der Waals surface area contributed by atoms with E-state index in [1.807, 2.05) is 12.2 Å². The fraction of sp³-hybridized carbons (Fsp3) is 0.667. The summed E-state index contributed by atoms with van der Waals surface area (Å²) in [7, 11) is 0. The van der Waals surface area contributed by atoms with Gasteiger partial charge in [-0.05, 0) is 38.5 Å². The molecule has 0 heterocycles. The van der Waals surface area contributed by atoms with Crippen LogP contribution in [0.5, 0.6) is 0 Å². The lowest BCUT2D eigenvalue weighted by Crippen LogP contribution is -2.20. The third kappa shape index (κ3) is 16.9. The molecule has 0 aliphatic carbocycles. The molecule has 0 aromatic heterocycles. The first kappa shape index (κ1) is 23.3. The standard InChI is InChI=1S/C18H30O7/c19-14(12-15(20)10-11-16(21)13-18(24)25)8-6-4-2-1-3-5-7-9-17(22)23/h1-2,6,8,14-16,19-21H,3-5,7,9-13H2,(H,22,23)(H,24,25)/b2-1-,8-6-/t14-,15+,16-/m0/s1. The molecule has 7 heteroatoms. The van der Waals surface area contributed by atoms with Crippen LogP contribution in [0.1, 0.15) is 57.8 Å². The number of rotatable bonds is 15. The van der Waals surface area contributed by atoms with Crippen molar-refractivity contribution in [3.05, 3.63) is 24.3 Å². The zero-order chi connectivity index (χ0) is 19.1. The molecule has 0 radical (unpaired) electrons. The predicted octanol–water partition coefficient (Wildman–Crippen LogP) is 1.86. The van der Waals surface area contributed by atoms with Gasteiger partial charge in [-0.3, -0.25) is 9.59 Å². The van der Waals surface area contributed by atoms with E-state index < -0.39 is 30.3 Å². The summed E-state index contributed by atoms with van der Waals surface area (Å²) in [5.74, 6) is -1.86. The number of carbonyl (C=O) groups is 2. The number of carboxylic acids is 2. The highest BCUT2D eigenvalue weighted by molar-refractivity contribution is 5.67. The lowest BCUT2D eigenvalue weighted by Gasteiger charge is -2.14. The van der Waals surface area contributed by atoms with Crippen molar-refractivity contribution in [1.29, 1.82) is 0 Å². The van der Waals surface area contributed by atoms with Gasteiger partial charge in [0, 0.05) is 12.8 Å². The largest absolute Gasteiger partial charge is 0.481 e. The maximum atomic E-state index is 10.4. The highest BCUT2D eigenvalue weighted by Gasteiger charge is 2.14. The Morgan fingerprint density at radius 2 is 1.52 bits per heavy atom. The molecule has 0 unspecified atom stereocenters. The van der Waals surface area contributed by atoms with Gasteiger partial charge < -0.3 is 25.5 Å². The van der Waals surface area contributed by atoms with Gasteiger partial charge in [0.15, 0.2) is 0 Å². The van der Waals surface area contributed by atoms with Gasteiger partial charge >= 0.3 is 11.9 Å². The van der Waals surface area contributed by atoms with Gasteiger partial charge in [-0.2, -0.15) is 0 Å². The molecule has 144 valence electrons. The molecule has 0 rings (SSSR count). The van der Waals surface area contributed by atoms with Crippen molar-refractivity contribution in [2.24, 2.45) is 0 Å². The van der Waals surface area contributed by atoms with E-state index in [2.05, 4.69) is 0 Å². The van der Waals surface area contributed by atoms with Crippen LogP contribution in [0.15, 0.2) is 24.3 Å². The molecule has 3 atom stereocenters. The third-order valence-corrected chi connectivity index (χ3v) is 3.57. The molecule has 0 fully saturated rings. The van der Waals surface area contributed by atoms with Crippen molar-refractivity contribution in [3.8, 4) is 0 Å². The third-order valence-electron chi connectivity index (χ3n) is 3.57. The highest BCUT2D eigenvalue weighted by Crippen LogP contribution is 2.10. The molecule has 5 N–H and O–H groups in total. The topological polar surface area (TPSA) is 135 Å². The monoisotopic (exact) mass is 358 g/mol. The first-order valence-electron chi connectivity index (χ1n) is 8.60. The molecule has 0 aromatic rings. The summed E-state index contributed by atoms with van der Waals surface area (Å²) in [6.07, 6.45) is 8.03. The smallest absolute Gasteiger partial charge is 0.305 e. The quantitative estimate of drug-likeness (QED) is 0.223. The van der Waals surface area contributed by atoms with E-state index in [1.165, 1.54) is 0 Å². The lowest BCUT2D eigenvalue weighted by atomic mass is 10.0. The van der Waals surface area contributed by atoms with Crippen LogP contribution in [0.25, 0.3) is 0 Å².